The Morgan fingerprint density at radius 3 is 2.86 bits per heavy atom. The molecule has 0 bridgehead atoms. The zero-order valence-corrected chi connectivity index (χ0v) is 9.31. The van der Waals surface area contributed by atoms with E-state index in [1.807, 2.05) is 6.92 Å². The van der Waals surface area contributed by atoms with Crippen LogP contribution in [0, 0.1) is 0 Å². The van der Waals surface area contributed by atoms with E-state index in [1.54, 1.807) is 12.3 Å². The molecule has 0 atom stereocenters. The van der Waals surface area contributed by atoms with E-state index < -0.39 is 0 Å². The molecule has 0 unspecified atom stereocenters. The van der Waals surface area contributed by atoms with Crippen LogP contribution in [0.5, 0.6) is 5.88 Å². The Morgan fingerprint density at radius 1 is 1.36 bits per heavy atom. The zero-order chi connectivity index (χ0) is 10.4. The summed E-state index contributed by atoms with van der Waals surface area (Å²) in [5.41, 5.74) is 0. The van der Waals surface area contributed by atoms with Crippen molar-refractivity contribution in [3.05, 3.63) is 22.3 Å². The summed E-state index contributed by atoms with van der Waals surface area (Å²) in [6, 6.07) is 1.61. The lowest BCUT2D eigenvalue weighted by Crippen LogP contribution is -2.07. The van der Waals surface area contributed by atoms with Crippen LogP contribution in [0.3, 0.4) is 0 Å². The highest BCUT2D eigenvalue weighted by molar-refractivity contribution is 6.42. The maximum Gasteiger partial charge on any atom is 0.234 e. The molecule has 0 radical (unpaired) electrons. The Kier molecular flexibility index (Phi) is 5.01. The topological polar surface area (TPSA) is 31.4 Å². The fraction of sp³-hybridized carbons (Fsp3) is 0.444. The third-order valence-corrected chi connectivity index (χ3v) is 2.26. The molecule has 0 saturated carbocycles. The number of ether oxygens (including phenoxy) is 2. The van der Waals surface area contributed by atoms with Crippen molar-refractivity contribution in [1.82, 2.24) is 4.98 Å². The highest BCUT2D eigenvalue weighted by Gasteiger charge is 2.06. The first-order valence-corrected chi connectivity index (χ1v) is 5.01. The highest BCUT2D eigenvalue weighted by Crippen LogP contribution is 2.28. The van der Waals surface area contributed by atoms with E-state index in [0.29, 0.717) is 35.7 Å². The quantitative estimate of drug-likeness (QED) is 0.736. The minimum atomic E-state index is 0.339. The summed E-state index contributed by atoms with van der Waals surface area (Å²) in [5, 5.41) is 0.777. The molecule has 1 aromatic heterocycles. The van der Waals surface area contributed by atoms with Gasteiger partial charge in [0.05, 0.1) is 11.6 Å². The smallest absolute Gasteiger partial charge is 0.234 e. The summed E-state index contributed by atoms with van der Waals surface area (Å²) < 4.78 is 10.4. The molecule has 0 amide bonds. The molecule has 0 fully saturated rings. The van der Waals surface area contributed by atoms with E-state index in [1.165, 1.54) is 0 Å². The van der Waals surface area contributed by atoms with Gasteiger partial charge in [-0.15, -0.1) is 0 Å². The van der Waals surface area contributed by atoms with Crippen molar-refractivity contribution in [1.29, 1.82) is 0 Å². The van der Waals surface area contributed by atoms with Crippen LogP contribution in [-0.4, -0.2) is 24.8 Å². The third kappa shape index (κ3) is 3.33. The van der Waals surface area contributed by atoms with Gasteiger partial charge in [-0.25, -0.2) is 4.98 Å². The lowest BCUT2D eigenvalue weighted by molar-refractivity contribution is 0.108. The van der Waals surface area contributed by atoms with E-state index in [9.17, 15) is 0 Å². The average Bonchev–Trinajstić information content (AvgIpc) is 2.19. The van der Waals surface area contributed by atoms with Crippen LogP contribution in [0.1, 0.15) is 6.92 Å². The second-order valence-corrected chi connectivity index (χ2v) is 3.24. The molecule has 78 valence electrons. The monoisotopic (exact) mass is 235 g/mol. The number of pyridine rings is 1. The van der Waals surface area contributed by atoms with Crippen molar-refractivity contribution in [3.63, 3.8) is 0 Å². The molecule has 0 spiro atoms. The summed E-state index contributed by atoms with van der Waals surface area (Å²) >= 11 is 11.6. The number of aromatic nitrogens is 1. The van der Waals surface area contributed by atoms with Crippen molar-refractivity contribution in [2.45, 2.75) is 6.92 Å². The molecule has 0 aromatic carbocycles. The Balaban J connectivity index is 2.46. The molecule has 5 heteroatoms. The Bertz CT molecular complexity index is 294. The third-order valence-electron chi connectivity index (χ3n) is 1.48. The van der Waals surface area contributed by atoms with Gasteiger partial charge in [-0.1, -0.05) is 23.2 Å². The maximum atomic E-state index is 5.85. The first-order chi connectivity index (χ1) is 6.75. The standard InChI is InChI=1S/C9H11Cl2NO2/c1-2-13-5-6-14-9-8(11)7(10)3-4-12-9/h3-4H,2,5-6H2,1H3. The summed E-state index contributed by atoms with van der Waals surface area (Å²) in [6.07, 6.45) is 1.55. The molecule has 0 N–H and O–H groups in total. The van der Waals surface area contributed by atoms with Gasteiger partial charge in [0.15, 0.2) is 0 Å². The van der Waals surface area contributed by atoms with Gasteiger partial charge in [0, 0.05) is 12.8 Å². The van der Waals surface area contributed by atoms with Crippen LogP contribution in [-0.2, 0) is 4.74 Å². The predicted octanol–water partition coefficient (Wildman–Crippen LogP) is 2.80. The maximum absolute atomic E-state index is 5.85. The largest absolute Gasteiger partial charge is 0.474 e. The van der Waals surface area contributed by atoms with Crippen LogP contribution in [0.25, 0.3) is 0 Å². The fourth-order valence-electron chi connectivity index (χ4n) is 0.845. The molecular weight excluding hydrogens is 225 g/mol. The lowest BCUT2D eigenvalue weighted by Gasteiger charge is -2.06. The van der Waals surface area contributed by atoms with Gasteiger partial charge in [0.25, 0.3) is 0 Å². The normalized spacial score (nSPS) is 10.2. The van der Waals surface area contributed by atoms with Gasteiger partial charge < -0.3 is 9.47 Å². The van der Waals surface area contributed by atoms with E-state index in [2.05, 4.69) is 4.98 Å². The highest BCUT2D eigenvalue weighted by atomic mass is 35.5. The predicted molar refractivity (Wildman–Crippen MR) is 56.2 cm³/mol. The van der Waals surface area contributed by atoms with Crippen molar-refractivity contribution in [3.8, 4) is 5.88 Å². The Labute approximate surface area is 92.9 Å². The lowest BCUT2D eigenvalue weighted by atomic mass is 10.5. The summed E-state index contributed by atoms with van der Waals surface area (Å²) in [6.45, 7) is 3.52. The first-order valence-electron chi connectivity index (χ1n) is 4.26. The SMILES string of the molecule is CCOCCOc1nccc(Cl)c1Cl. The van der Waals surface area contributed by atoms with Crippen LogP contribution in [0.2, 0.25) is 10.0 Å². The Morgan fingerprint density at radius 2 is 2.14 bits per heavy atom. The molecule has 0 aliphatic rings. The van der Waals surface area contributed by atoms with E-state index in [0.717, 1.165) is 0 Å². The van der Waals surface area contributed by atoms with Gasteiger partial charge in [0.2, 0.25) is 5.88 Å². The van der Waals surface area contributed by atoms with Crippen LogP contribution < -0.4 is 4.74 Å². The molecule has 1 heterocycles. The van der Waals surface area contributed by atoms with Crippen molar-refractivity contribution < 1.29 is 9.47 Å². The number of rotatable bonds is 5. The summed E-state index contributed by atoms with van der Waals surface area (Å²) in [7, 11) is 0. The molecule has 0 aliphatic carbocycles. The summed E-state index contributed by atoms with van der Waals surface area (Å²) in [4.78, 5) is 3.94. The number of hydrogen-bond donors (Lipinski definition) is 0. The van der Waals surface area contributed by atoms with Gasteiger partial charge in [-0.2, -0.15) is 0 Å². The average molecular weight is 236 g/mol. The fourth-order valence-corrected chi connectivity index (χ4v) is 1.15. The number of hydrogen-bond acceptors (Lipinski definition) is 3. The second-order valence-electron chi connectivity index (χ2n) is 2.46. The molecule has 1 aromatic rings. The van der Waals surface area contributed by atoms with Crippen LogP contribution in [0.15, 0.2) is 12.3 Å². The minimum absolute atomic E-state index is 0.339. The van der Waals surface area contributed by atoms with E-state index in [4.69, 9.17) is 32.7 Å². The van der Waals surface area contributed by atoms with Crippen molar-refractivity contribution in [2.75, 3.05) is 19.8 Å². The molecule has 0 aliphatic heterocycles. The Hall–Kier alpha value is -0.510. The van der Waals surface area contributed by atoms with E-state index >= 15 is 0 Å². The first kappa shape index (κ1) is 11.6. The van der Waals surface area contributed by atoms with Gasteiger partial charge in [0.1, 0.15) is 11.6 Å². The van der Waals surface area contributed by atoms with E-state index in [-0.39, 0.29) is 0 Å². The molecule has 14 heavy (non-hydrogen) atoms. The summed E-state index contributed by atoms with van der Waals surface area (Å²) in [5.74, 6) is 0.346. The minimum Gasteiger partial charge on any atom is -0.474 e. The van der Waals surface area contributed by atoms with Crippen molar-refractivity contribution >= 4 is 23.2 Å². The molecule has 3 nitrogen and oxygen atoms in total. The molecule has 1 rings (SSSR count). The second kappa shape index (κ2) is 6.06. The number of nitrogens with zero attached hydrogens (tertiary/aromatic N) is 1. The molecular formula is C9H11Cl2NO2. The zero-order valence-electron chi connectivity index (χ0n) is 7.80. The number of halogens is 2. The van der Waals surface area contributed by atoms with Gasteiger partial charge >= 0.3 is 0 Å². The molecule has 0 saturated heterocycles. The van der Waals surface area contributed by atoms with Crippen LogP contribution >= 0.6 is 23.2 Å². The van der Waals surface area contributed by atoms with Gasteiger partial charge in [-0.05, 0) is 13.0 Å². The van der Waals surface area contributed by atoms with Gasteiger partial charge in [-0.3, -0.25) is 0 Å². The van der Waals surface area contributed by atoms with Crippen molar-refractivity contribution in [2.24, 2.45) is 0 Å². The van der Waals surface area contributed by atoms with Crippen LogP contribution in [0.4, 0.5) is 0 Å².